The lowest BCUT2D eigenvalue weighted by Crippen LogP contribution is -2.23. The molecule has 0 radical (unpaired) electrons. The van der Waals surface area contributed by atoms with E-state index in [0.29, 0.717) is 0 Å². The fourth-order valence-electron chi connectivity index (χ4n) is 2.19. The van der Waals surface area contributed by atoms with Crippen LogP contribution in [0.4, 0.5) is 22.0 Å². The average molecular weight is 281 g/mol. The quantitative estimate of drug-likeness (QED) is 0.493. The van der Waals surface area contributed by atoms with Crippen molar-refractivity contribution in [3.63, 3.8) is 0 Å². The van der Waals surface area contributed by atoms with Gasteiger partial charge in [-0.25, -0.2) is 22.0 Å². The number of carbonyl (C=O) groups is 1. The molecular weight excluding hydrogens is 273 g/mol. The van der Waals surface area contributed by atoms with Crippen LogP contribution in [0.2, 0.25) is 0 Å². The Bertz CT molecular complexity index is 519. The van der Waals surface area contributed by atoms with Gasteiger partial charge in [0.15, 0.2) is 23.3 Å². The summed E-state index contributed by atoms with van der Waals surface area (Å²) < 4.78 is 66.1. The average Bonchev–Trinajstić information content (AvgIpc) is 2.83. The van der Waals surface area contributed by atoms with Crippen LogP contribution in [0.15, 0.2) is 0 Å². The Kier molecular flexibility index (Phi) is 3.44. The molecule has 2 N–H and O–H groups in total. The Hall–Kier alpha value is -1.70. The molecule has 3 nitrogen and oxygen atoms in total. The van der Waals surface area contributed by atoms with Crippen molar-refractivity contribution in [1.29, 1.82) is 0 Å². The van der Waals surface area contributed by atoms with Crippen molar-refractivity contribution in [3.05, 3.63) is 34.6 Å². The molecule has 1 aliphatic rings. The van der Waals surface area contributed by atoms with Gasteiger partial charge in [-0.3, -0.25) is 4.79 Å². The highest BCUT2D eigenvalue weighted by molar-refractivity contribution is 5.72. The summed E-state index contributed by atoms with van der Waals surface area (Å²) in [4.78, 5) is 10.9. The van der Waals surface area contributed by atoms with Gasteiger partial charge in [-0.1, -0.05) is 0 Å². The first-order chi connectivity index (χ1) is 8.86. The summed E-state index contributed by atoms with van der Waals surface area (Å²) in [5, 5.41) is 11.4. The van der Waals surface area contributed by atoms with E-state index in [9.17, 15) is 26.7 Å². The SMILES string of the molecule is O=C(O)C1CNCC1c1c(F)c(F)c(F)c(F)c1F. The zero-order valence-electron chi connectivity index (χ0n) is 9.31. The van der Waals surface area contributed by atoms with E-state index in [1.807, 2.05) is 0 Å². The molecule has 8 heteroatoms. The van der Waals surface area contributed by atoms with Crippen LogP contribution in [-0.4, -0.2) is 24.2 Å². The van der Waals surface area contributed by atoms with Gasteiger partial charge >= 0.3 is 5.97 Å². The van der Waals surface area contributed by atoms with Crippen molar-refractivity contribution in [3.8, 4) is 0 Å². The molecule has 1 aliphatic heterocycles. The third-order valence-corrected chi connectivity index (χ3v) is 3.15. The van der Waals surface area contributed by atoms with Gasteiger partial charge in [0.1, 0.15) is 0 Å². The summed E-state index contributed by atoms with van der Waals surface area (Å²) in [5.74, 6) is -14.2. The van der Waals surface area contributed by atoms with Gasteiger partial charge in [0.05, 0.1) is 5.92 Å². The lowest BCUT2D eigenvalue weighted by Gasteiger charge is -2.17. The van der Waals surface area contributed by atoms with Gasteiger partial charge < -0.3 is 10.4 Å². The van der Waals surface area contributed by atoms with E-state index >= 15 is 0 Å². The first-order valence-corrected chi connectivity index (χ1v) is 5.31. The number of carboxylic acids is 1. The highest BCUT2D eigenvalue weighted by Crippen LogP contribution is 2.35. The fraction of sp³-hybridized carbons (Fsp3) is 0.364. The number of hydrogen-bond donors (Lipinski definition) is 2. The molecule has 0 saturated carbocycles. The minimum Gasteiger partial charge on any atom is -0.481 e. The van der Waals surface area contributed by atoms with E-state index in [2.05, 4.69) is 5.32 Å². The van der Waals surface area contributed by atoms with Crippen molar-refractivity contribution < 1.29 is 31.9 Å². The maximum absolute atomic E-state index is 13.5. The standard InChI is InChI=1S/C11H8F5NO2/c12-6-5(3-1-17-2-4(3)11(18)19)7(13)9(15)10(16)8(6)14/h3-4,17H,1-2H2,(H,18,19). The second kappa shape index (κ2) is 4.76. The Morgan fingerprint density at radius 3 is 1.89 bits per heavy atom. The number of hydrogen-bond acceptors (Lipinski definition) is 2. The van der Waals surface area contributed by atoms with Gasteiger partial charge in [0, 0.05) is 24.6 Å². The van der Waals surface area contributed by atoms with Crippen LogP contribution in [0.5, 0.6) is 0 Å². The highest BCUT2D eigenvalue weighted by atomic mass is 19.2. The molecule has 0 aliphatic carbocycles. The molecular formula is C11H8F5NO2. The molecule has 2 unspecified atom stereocenters. The van der Waals surface area contributed by atoms with E-state index in [1.165, 1.54) is 0 Å². The van der Waals surface area contributed by atoms with Crippen molar-refractivity contribution in [1.82, 2.24) is 5.32 Å². The third kappa shape index (κ3) is 2.05. The first-order valence-electron chi connectivity index (χ1n) is 5.31. The Morgan fingerprint density at radius 2 is 1.42 bits per heavy atom. The molecule has 19 heavy (non-hydrogen) atoms. The summed E-state index contributed by atoms with van der Waals surface area (Å²) >= 11 is 0. The normalized spacial score (nSPS) is 22.8. The second-order valence-corrected chi connectivity index (χ2v) is 4.19. The number of benzene rings is 1. The number of carboxylic acid groups (broad SMARTS) is 1. The van der Waals surface area contributed by atoms with Crippen molar-refractivity contribution >= 4 is 5.97 Å². The molecule has 1 aromatic carbocycles. The topological polar surface area (TPSA) is 49.3 Å². The predicted octanol–water partition coefficient (Wildman–Crippen LogP) is 1.77. The third-order valence-electron chi connectivity index (χ3n) is 3.15. The van der Waals surface area contributed by atoms with Crippen LogP contribution in [0.1, 0.15) is 11.5 Å². The number of aliphatic carboxylic acids is 1. The minimum atomic E-state index is -2.25. The second-order valence-electron chi connectivity index (χ2n) is 4.19. The number of rotatable bonds is 2. The van der Waals surface area contributed by atoms with Crippen LogP contribution in [0, 0.1) is 35.0 Å². The molecule has 0 spiro atoms. The molecule has 1 saturated heterocycles. The van der Waals surface area contributed by atoms with Gasteiger partial charge in [0.2, 0.25) is 5.82 Å². The van der Waals surface area contributed by atoms with Crippen LogP contribution in [-0.2, 0) is 4.79 Å². The maximum Gasteiger partial charge on any atom is 0.308 e. The van der Waals surface area contributed by atoms with Gasteiger partial charge in [-0.15, -0.1) is 0 Å². The smallest absolute Gasteiger partial charge is 0.308 e. The first kappa shape index (κ1) is 13.7. The molecule has 1 fully saturated rings. The summed E-state index contributed by atoms with van der Waals surface area (Å²) in [7, 11) is 0. The van der Waals surface area contributed by atoms with Crippen LogP contribution in [0.3, 0.4) is 0 Å². The van der Waals surface area contributed by atoms with Crippen molar-refractivity contribution in [2.24, 2.45) is 5.92 Å². The lowest BCUT2D eigenvalue weighted by atomic mass is 9.88. The van der Waals surface area contributed by atoms with E-state index < -0.39 is 52.5 Å². The molecule has 1 aromatic rings. The molecule has 0 aromatic heterocycles. The molecule has 2 atom stereocenters. The molecule has 0 amide bonds. The minimum absolute atomic E-state index is 0.0977. The van der Waals surface area contributed by atoms with Crippen molar-refractivity contribution in [2.75, 3.05) is 13.1 Å². The van der Waals surface area contributed by atoms with E-state index in [0.717, 1.165) is 0 Å². The summed E-state index contributed by atoms with van der Waals surface area (Å²) in [5.41, 5.74) is -1.08. The summed E-state index contributed by atoms with van der Waals surface area (Å²) in [6, 6.07) is 0. The largest absolute Gasteiger partial charge is 0.481 e. The molecule has 2 rings (SSSR count). The summed E-state index contributed by atoms with van der Waals surface area (Å²) in [6.45, 7) is -0.269. The molecule has 0 bridgehead atoms. The van der Waals surface area contributed by atoms with Gasteiger partial charge in [0.25, 0.3) is 0 Å². The summed E-state index contributed by atoms with van der Waals surface area (Å²) in [6.07, 6.45) is 0. The highest BCUT2D eigenvalue weighted by Gasteiger charge is 2.40. The van der Waals surface area contributed by atoms with E-state index in [1.54, 1.807) is 0 Å². The van der Waals surface area contributed by atoms with Crippen molar-refractivity contribution in [2.45, 2.75) is 5.92 Å². The van der Waals surface area contributed by atoms with Crippen LogP contribution >= 0.6 is 0 Å². The lowest BCUT2D eigenvalue weighted by molar-refractivity contribution is -0.141. The van der Waals surface area contributed by atoms with Gasteiger partial charge in [-0.2, -0.15) is 0 Å². The fourth-order valence-corrected chi connectivity index (χ4v) is 2.19. The Balaban J connectivity index is 2.60. The number of halogens is 5. The Labute approximate surface area is 104 Å². The van der Waals surface area contributed by atoms with E-state index in [4.69, 9.17) is 5.11 Å². The zero-order chi connectivity index (χ0) is 14.3. The van der Waals surface area contributed by atoms with Gasteiger partial charge in [-0.05, 0) is 0 Å². The van der Waals surface area contributed by atoms with E-state index in [-0.39, 0.29) is 13.1 Å². The van der Waals surface area contributed by atoms with Crippen LogP contribution in [0.25, 0.3) is 0 Å². The van der Waals surface area contributed by atoms with Crippen LogP contribution < -0.4 is 5.32 Å². The molecule has 104 valence electrons. The monoisotopic (exact) mass is 281 g/mol. The maximum atomic E-state index is 13.5. The zero-order valence-corrected chi connectivity index (χ0v) is 9.31. The number of nitrogens with one attached hydrogen (secondary N) is 1. The molecule has 1 heterocycles. The Morgan fingerprint density at radius 1 is 0.947 bits per heavy atom. The predicted molar refractivity (Wildman–Crippen MR) is 53.0 cm³/mol.